The minimum Gasteiger partial charge on any atom is -0.508 e. The van der Waals surface area contributed by atoms with Crippen LogP contribution in [0.4, 0.5) is 0 Å². The highest BCUT2D eigenvalue weighted by molar-refractivity contribution is 5.13. The van der Waals surface area contributed by atoms with E-state index >= 15 is 0 Å². The minimum atomic E-state index is 0.268. The molecule has 1 heteroatoms. The van der Waals surface area contributed by atoms with Gasteiger partial charge < -0.3 is 5.11 Å². The normalized spacial score (nSPS) is 12.4. The molecule has 0 bridgehead atoms. The van der Waals surface area contributed by atoms with Gasteiger partial charge >= 0.3 is 0 Å². The van der Waals surface area contributed by atoms with Gasteiger partial charge in [-0.25, -0.2) is 0 Å². The number of aliphatic hydroxyl groups is 1. The van der Waals surface area contributed by atoms with Gasteiger partial charge in [-0.2, -0.15) is 0 Å². The smallest absolute Gasteiger partial charge is 0.111 e. The lowest BCUT2D eigenvalue weighted by Crippen LogP contribution is -1.67. The maximum absolute atomic E-state index is 8.72. The first-order chi connectivity index (χ1) is 3.81. The molecule has 8 heavy (non-hydrogen) atoms. The van der Waals surface area contributed by atoms with E-state index < -0.39 is 0 Å². The molecule has 44 valence electrons. The molecule has 1 N–H and O–H groups in total. The molecular formula is C7H10O. The highest BCUT2D eigenvalue weighted by Gasteiger charge is 1.73. The average Bonchev–Trinajstić information content (AvgIpc) is 1.83. The fourth-order valence-corrected chi connectivity index (χ4v) is 0.263. The summed E-state index contributed by atoms with van der Waals surface area (Å²) in [7, 11) is 0. The van der Waals surface area contributed by atoms with E-state index in [1.807, 2.05) is 0 Å². The van der Waals surface area contributed by atoms with Crippen LogP contribution < -0.4 is 0 Å². The van der Waals surface area contributed by atoms with Gasteiger partial charge in [-0.3, -0.25) is 0 Å². The Kier molecular flexibility index (Phi) is 3.67. The lowest BCUT2D eigenvalue weighted by molar-refractivity contribution is 0.431. The average molecular weight is 110 g/mol. The van der Waals surface area contributed by atoms with E-state index in [4.69, 9.17) is 5.11 Å². The Balaban J connectivity index is 3.69. The Morgan fingerprint density at radius 2 is 2.25 bits per heavy atom. The topological polar surface area (TPSA) is 20.2 Å². The number of hydrogen-bond acceptors (Lipinski definition) is 1. The SMILES string of the molecule is C=C/C=C\C(O)=C/C. The molecule has 0 aliphatic rings. The van der Waals surface area contributed by atoms with Crippen LogP contribution in [0.25, 0.3) is 0 Å². The summed E-state index contributed by atoms with van der Waals surface area (Å²) < 4.78 is 0. The van der Waals surface area contributed by atoms with Gasteiger partial charge in [0.05, 0.1) is 0 Å². The van der Waals surface area contributed by atoms with Gasteiger partial charge in [0.15, 0.2) is 0 Å². The first-order valence-corrected chi connectivity index (χ1v) is 2.45. The van der Waals surface area contributed by atoms with Crippen molar-refractivity contribution in [2.24, 2.45) is 0 Å². The molecule has 0 aromatic heterocycles. The van der Waals surface area contributed by atoms with Crippen molar-refractivity contribution in [2.75, 3.05) is 0 Å². The molecular weight excluding hydrogens is 100 g/mol. The minimum absolute atomic E-state index is 0.268. The molecule has 0 fully saturated rings. The second kappa shape index (κ2) is 4.19. The van der Waals surface area contributed by atoms with Crippen LogP contribution in [0.5, 0.6) is 0 Å². The quantitative estimate of drug-likeness (QED) is 0.426. The number of aliphatic hydroxyl groups excluding tert-OH is 1. The van der Waals surface area contributed by atoms with Crippen molar-refractivity contribution >= 4 is 0 Å². The molecule has 0 unspecified atom stereocenters. The van der Waals surface area contributed by atoms with Crippen molar-refractivity contribution in [3.05, 3.63) is 36.6 Å². The predicted octanol–water partition coefficient (Wildman–Crippen LogP) is 2.19. The van der Waals surface area contributed by atoms with Gasteiger partial charge in [-0.15, -0.1) is 0 Å². The van der Waals surface area contributed by atoms with Crippen LogP contribution in [0.3, 0.4) is 0 Å². The second-order valence-electron chi connectivity index (χ2n) is 1.31. The molecule has 0 spiro atoms. The largest absolute Gasteiger partial charge is 0.508 e. The zero-order chi connectivity index (χ0) is 6.41. The Labute approximate surface area is 49.7 Å². The van der Waals surface area contributed by atoms with E-state index in [1.54, 1.807) is 31.2 Å². The third kappa shape index (κ3) is 3.22. The summed E-state index contributed by atoms with van der Waals surface area (Å²) in [5.74, 6) is 0.268. The summed E-state index contributed by atoms with van der Waals surface area (Å²) in [4.78, 5) is 0. The monoisotopic (exact) mass is 110 g/mol. The predicted molar refractivity (Wildman–Crippen MR) is 35.7 cm³/mol. The number of allylic oxidation sites excluding steroid dienone is 4. The fourth-order valence-electron chi connectivity index (χ4n) is 0.263. The Bertz CT molecular complexity index is 120. The van der Waals surface area contributed by atoms with Gasteiger partial charge in [0.2, 0.25) is 0 Å². The van der Waals surface area contributed by atoms with E-state index in [0.717, 1.165) is 0 Å². The van der Waals surface area contributed by atoms with E-state index in [9.17, 15) is 0 Å². The van der Waals surface area contributed by atoms with Gasteiger partial charge in [0.1, 0.15) is 5.76 Å². The van der Waals surface area contributed by atoms with Crippen molar-refractivity contribution < 1.29 is 5.11 Å². The van der Waals surface area contributed by atoms with E-state index in [1.165, 1.54) is 0 Å². The summed E-state index contributed by atoms with van der Waals surface area (Å²) in [5, 5.41) is 8.72. The Morgan fingerprint density at radius 1 is 1.62 bits per heavy atom. The standard InChI is InChI=1S/C7H10O/c1-3-5-6-7(8)4-2/h3-6,8H,1H2,2H3/b6-5-,7-4+. The van der Waals surface area contributed by atoms with Crippen molar-refractivity contribution in [2.45, 2.75) is 6.92 Å². The second-order valence-corrected chi connectivity index (χ2v) is 1.31. The third-order valence-electron chi connectivity index (χ3n) is 0.699. The molecule has 0 aliphatic heterocycles. The number of rotatable bonds is 2. The maximum atomic E-state index is 8.72. The summed E-state index contributed by atoms with van der Waals surface area (Å²) in [5.41, 5.74) is 0. The van der Waals surface area contributed by atoms with Crippen molar-refractivity contribution in [1.29, 1.82) is 0 Å². The van der Waals surface area contributed by atoms with Crippen molar-refractivity contribution in [1.82, 2.24) is 0 Å². The molecule has 0 aliphatic carbocycles. The van der Waals surface area contributed by atoms with Crippen LogP contribution in [0, 0.1) is 0 Å². The zero-order valence-corrected chi connectivity index (χ0v) is 4.96. The molecule has 0 rings (SSSR count). The van der Waals surface area contributed by atoms with Crippen LogP contribution in [-0.2, 0) is 0 Å². The van der Waals surface area contributed by atoms with Crippen LogP contribution in [0.1, 0.15) is 6.92 Å². The van der Waals surface area contributed by atoms with E-state index in [-0.39, 0.29) is 5.76 Å². The lowest BCUT2D eigenvalue weighted by Gasteiger charge is -1.82. The third-order valence-corrected chi connectivity index (χ3v) is 0.699. The van der Waals surface area contributed by atoms with E-state index in [2.05, 4.69) is 6.58 Å². The molecule has 0 aromatic carbocycles. The van der Waals surface area contributed by atoms with Gasteiger partial charge in [-0.05, 0) is 19.1 Å². The molecule has 0 saturated carbocycles. The van der Waals surface area contributed by atoms with Crippen molar-refractivity contribution in [3.63, 3.8) is 0 Å². The van der Waals surface area contributed by atoms with E-state index in [0.29, 0.717) is 0 Å². The van der Waals surface area contributed by atoms with Crippen molar-refractivity contribution in [3.8, 4) is 0 Å². The van der Waals surface area contributed by atoms with Crippen LogP contribution in [0.15, 0.2) is 36.6 Å². The molecule has 0 radical (unpaired) electrons. The fraction of sp³-hybridized carbons (Fsp3) is 0.143. The first-order valence-electron chi connectivity index (χ1n) is 2.45. The van der Waals surface area contributed by atoms with Gasteiger partial charge in [-0.1, -0.05) is 18.7 Å². The summed E-state index contributed by atoms with van der Waals surface area (Å²) in [6, 6.07) is 0. The zero-order valence-electron chi connectivity index (χ0n) is 4.96. The first kappa shape index (κ1) is 7.02. The molecule has 0 aromatic rings. The summed E-state index contributed by atoms with van der Waals surface area (Å²) in [6.45, 7) is 5.21. The van der Waals surface area contributed by atoms with Crippen LogP contribution in [0.2, 0.25) is 0 Å². The summed E-state index contributed by atoms with van der Waals surface area (Å²) >= 11 is 0. The van der Waals surface area contributed by atoms with Gasteiger partial charge in [0, 0.05) is 0 Å². The highest BCUT2D eigenvalue weighted by Crippen LogP contribution is 1.88. The van der Waals surface area contributed by atoms with Crippen LogP contribution >= 0.6 is 0 Å². The maximum Gasteiger partial charge on any atom is 0.111 e. The lowest BCUT2D eigenvalue weighted by atomic mass is 10.4. The Hall–Kier alpha value is -0.980. The molecule has 1 nitrogen and oxygen atoms in total. The Morgan fingerprint density at radius 3 is 2.62 bits per heavy atom. The molecule has 0 saturated heterocycles. The van der Waals surface area contributed by atoms with Crippen LogP contribution in [-0.4, -0.2) is 5.11 Å². The molecule has 0 heterocycles. The summed E-state index contributed by atoms with van der Waals surface area (Å²) in [6.07, 6.45) is 6.47. The number of hydrogen-bond donors (Lipinski definition) is 1. The molecule has 0 amide bonds. The van der Waals surface area contributed by atoms with Gasteiger partial charge in [0.25, 0.3) is 0 Å². The molecule has 0 atom stereocenters. The highest BCUT2D eigenvalue weighted by atomic mass is 16.3.